The van der Waals surface area contributed by atoms with E-state index < -0.39 is 0 Å². The van der Waals surface area contributed by atoms with Crippen molar-refractivity contribution in [2.24, 2.45) is 11.8 Å². The van der Waals surface area contributed by atoms with Crippen LogP contribution in [0, 0.1) is 18.8 Å². The van der Waals surface area contributed by atoms with Gasteiger partial charge in [-0.25, -0.2) is 9.67 Å². The van der Waals surface area contributed by atoms with Crippen molar-refractivity contribution in [1.82, 2.24) is 19.3 Å². The van der Waals surface area contributed by atoms with Gasteiger partial charge in [0.1, 0.15) is 17.3 Å². The number of aromatic nitrogens is 4. The summed E-state index contributed by atoms with van der Waals surface area (Å²) >= 11 is 0. The minimum absolute atomic E-state index is 0.299. The molecule has 0 spiro atoms. The van der Waals surface area contributed by atoms with Crippen LogP contribution in [0.5, 0.6) is 11.5 Å². The van der Waals surface area contributed by atoms with E-state index in [0.29, 0.717) is 29.6 Å². The van der Waals surface area contributed by atoms with Gasteiger partial charge in [-0.3, -0.25) is 4.57 Å². The van der Waals surface area contributed by atoms with E-state index in [2.05, 4.69) is 168 Å². The predicted molar refractivity (Wildman–Crippen MR) is 220 cm³/mol. The van der Waals surface area contributed by atoms with E-state index >= 15 is 0 Å². The number of rotatable bonds is 8. The molecule has 0 bridgehead atoms. The van der Waals surface area contributed by atoms with Gasteiger partial charge in [-0.2, -0.15) is 5.10 Å². The lowest BCUT2D eigenvalue weighted by Crippen LogP contribution is -2.21. The second-order valence-electron chi connectivity index (χ2n) is 15.9. The van der Waals surface area contributed by atoms with E-state index in [9.17, 15) is 0 Å². The van der Waals surface area contributed by atoms with Gasteiger partial charge in [0.15, 0.2) is 0 Å². The van der Waals surface area contributed by atoms with Crippen molar-refractivity contribution in [1.29, 1.82) is 0 Å². The van der Waals surface area contributed by atoms with E-state index in [1.54, 1.807) is 0 Å². The molecule has 5 heteroatoms. The van der Waals surface area contributed by atoms with Crippen LogP contribution in [0.2, 0.25) is 0 Å². The van der Waals surface area contributed by atoms with Crippen LogP contribution >= 0.6 is 0 Å². The highest BCUT2D eigenvalue weighted by atomic mass is 16.5. The molecule has 0 saturated carbocycles. The molecule has 53 heavy (non-hydrogen) atoms. The number of fused-ring (bicyclic) bond motifs is 3. The van der Waals surface area contributed by atoms with Crippen LogP contribution in [0.25, 0.3) is 44.4 Å². The highest BCUT2D eigenvalue weighted by Gasteiger charge is 2.35. The Hall–Kier alpha value is -5.42. The summed E-state index contributed by atoms with van der Waals surface area (Å²) < 4.78 is 11.2. The fourth-order valence-corrected chi connectivity index (χ4v) is 8.92. The lowest BCUT2D eigenvalue weighted by atomic mass is 9.71. The van der Waals surface area contributed by atoms with Gasteiger partial charge in [-0.15, -0.1) is 0 Å². The maximum Gasteiger partial charge on any atom is 0.138 e. The summed E-state index contributed by atoms with van der Waals surface area (Å²) in [7, 11) is 0. The van der Waals surface area contributed by atoms with Crippen LogP contribution in [-0.4, -0.2) is 19.3 Å². The number of nitrogens with zero attached hydrogens (tertiary/aromatic N) is 4. The molecule has 268 valence electrons. The molecule has 5 nitrogen and oxygen atoms in total. The second kappa shape index (κ2) is 13.9. The fourth-order valence-electron chi connectivity index (χ4n) is 8.92. The van der Waals surface area contributed by atoms with Crippen molar-refractivity contribution in [3.8, 4) is 34.1 Å². The summed E-state index contributed by atoms with van der Waals surface area (Å²) in [4.78, 5) is 4.88. The topological polar surface area (TPSA) is 44.9 Å². The van der Waals surface area contributed by atoms with Gasteiger partial charge in [0, 0.05) is 40.6 Å². The summed E-state index contributed by atoms with van der Waals surface area (Å²) in [5.74, 6) is 4.58. The molecule has 8 rings (SSSR count). The maximum atomic E-state index is 6.77. The summed E-state index contributed by atoms with van der Waals surface area (Å²) in [6.07, 6.45) is 5.58. The zero-order valence-corrected chi connectivity index (χ0v) is 32.3. The zero-order valence-electron chi connectivity index (χ0n) is 32.3. The van der Waals surface area contributed by atoms with Crippen molar-refractivity contribution in [2.45, 2.75) is 79.6 Å². The first kappa shape index (κ1) is 34.7. The van der Waals surface area contributed by atoms with Gasteiger partial charge < -0.3 is 4.74 Å². The molecule has 7 aromatic rings. The second-order valence-corrected chi connectivity index (χ2v) is 15.9. The smallest absolute Gasteiger partial charge is 0.138 e. The fraction of sp³-hybridized carbons (Fsp3) is 0.292. The molecule has 1 unspecified atom stereocenters. The van der Waals surface area contributed by atoms with Crippen molar-refractivity contribution in [3.63, 3.8) is 0 Å². The van der Waals surface area contributed by atoms with Crippen LogP contribution < -0.4 is 4.74 Å². The van der Waals surface area contributed by atoms with Crippen LogP contribution in [0.1, 0.15) is 95.2 Å². The van der Waals surface area contributed by atoms with E-state index in [0.717, 1.165) is 56.1 Å². The number of hydrogen-bond acceptors (Lipinski definition) is 3. The maximum absolute atomic E-state index is 6.77. The predicted octanol–water partition coefficient (Wildman–Crippen LogP) is 13.1. The molecular formula is C48H50N4O. The molecule has 3 atom stereocenters. The Bertz CT molecular complexity index is 2480. The van der Waals surface area contributed by atoms with Gasteiger partial charge in [0.25, 0.3) is 0 Å². The molecule has 3 heterocycles. The van der Waals surface area contributed by atoms with Crippen LogP contribution in [-0.2, 0) is 0 Å². The third kappa shape index (κ3) is 6.37. The molecule has 0 radical (unpaired) electrons. The Morgan fingerprint density at radius 2 is 1.47 bits per heavy atom. The van der Waals surface area contributed by atoms with Crippen LogP contribution in [0.15, 0.2) is 121 Å². The van der Waals surface area contributed by atoms with Gasteiger partial charge in [0.05, 0.1) is 28.1 Å². The molecule has 1 aliphatic carbocycles. The van der Waals surface area contributed by atoms with Gasteiger partial charge >= 0.3 is 0 Å². The number of allylic oxidation sites excluding steroid dienone is 2. The monoisotopic (exact) mass is 698 g/mol. The zero-order chi connectivity index (χ0) is 37.0. The lowest BCUT2D eigenvalue weighted by Gasteiger charge is -2.33. The largest absolute Gasteiger partial charge is 0.457 e. The molecule has 3 aromatic heterocycles. The van der Waals surface area contributed by atoms with Crippen LogP contribution in [0.3, 0.4) is 0 Å². The molecule has 0 N–H and O–H groups in total. The third-order valence-electron chi connectivity index (χ3n) is 11.0. The number of ether oxygens (including phenoxy) is 1. The lowest BCUT2D eigenvalue weighted by molar-refractivity contribution is 0.388. The molecule has 0 aliphatic heterocycles. The van der Waals surface area contributed by atoms with Crippen LogP contribution in [0.4, 0.5) is 0 Å². The highest BCUT2D eigenvalue weighted by molar-refractivity contribution is 6.09. The number of hydrogen-bond donors (Lipinski definition) is 0. The van der Waals surface area contributed by atoms with Crippen molar-refractivity contribution in [2.75, 3.05) is 0 Å². The average molecular weight is 699 g/mol. The molecule has 4 aromatic carbocycles. The van der Waals surface area contributed by atoms with Crippen molar-refractivity contribution >= 4 is 21.8 Å². The average Bonchev–Trinajstić information content (AvgIpc) is 3.68. The summed E-state index contributed by atoms with van der Waals surface area (Å²) in [6, 6.07) is 36.2. The minimum atomic E-state index is 0.299. The van der Waals surface area contributed by atoms with E-state index in [4.69, 9.17) is 14.8 Å². The molecule has 1 aliphatic rings. The molecule has 0 fully saturated rings. The Balaban J connectivity index is 1.22. The van der Waals surface area contributed by atoms with E-state index in [1.807, 2.05) is 12.3 Å². The SMILES string of the molecule is CC1=C[C@H](C)C[C@H](C)C1c1c(C(C)C)nn(-c2cc(C)cc(Oc3ccc4c5ccccc5n(-c5cc(-c6ccccc6)ccn5)c4c3)c2)c1C(C)C. The standard InChI is InChI=1S/C48H50N4O/c1-29(2)47-46(45-33(7)22-31(5)23-34(45)8)48(30(3)4)52(50-47)37-24-32(6)25-39(27-37)53-38-18-19-41-40-16-12-13-17-42(40)51(43(41)28-38)44-26-36(20-21-49-44)35-14-10-9-11-15-35/h9-22,24-31,34,45H,23H2,1-8H3/t31-,34-,45?/m0/s1. The van der Waals surface area contributed by atoms with Gasteiger partial charge in [0.2, 0.25) is 0 Å². The number of pyridine rings is 1. The highest BCUT2D eigenvalue weighted by Crippen LogP contribution is 2.46. The van der Waals surface area contributed by atoms with E-state index in [1.165, 1.54) is 34.3 Å². The number of aryl methyl sites for hydroxylation is 1. The first-order chi connectivity index (χ1) is 25.6. The van der Waals surface area contributed by atoms with Gasteiger partial charge in [-0.05, 0) is 103 Å². The Morgan fingerprint density at radius 3 is 2.23 bits per heavy atom. The normalized spacial score (nSPS) is 17.6. The molecular weight excluding hydrogens is 649 g/mol. The molecule has 0 amide bonds. The van der Waals surface area contributed by atoms with Crippen molar-refractivity contribution in [3.05, 3.63) is 143 Å². The third-order valence-corrected chi connectivity index (χ3v) is 11.0. The van der Waals surface area contributed by atoms with Gasteiger partial charge in [-0.1, -0.05) is 102 Å². The number of benzene rings is 4. The summed E-state index contributed by atoms with van der Waals surface area (Å²) in [5, 5.41) is 7.76. The van der Waals surface area contributed by atoms with E-state index in [-0.39, 0.29) is 0 Å². The Morgan fingerprint density at radius 1 is 0.717 bits per heavy atom. The molecule has 0 saturated heterocycles. The quantitative estimate of drug-likeness (QED) is 0.148. The number of para-hydroxylation sites is 1. The van der Waals surface area contributed by atoms with Crippen molar-refractivity contribution < 1.29 is 4.74 Å². The Labute approximate surface area is 314 Å². The summed E-state index contributed by atoms with van der Waals surface area (Å²) in [5.41, 5.74) is 12.0. The Kier molecular flexibility index (Phi) is 9.06. The first-order valence-electron chi connectivity index (χ1n) is 19.2. The first-order valence-corrected chi connectivity index (χ1v) is 19.2. The summed E-state index contributed by atoms with van der Waals surface area (Å²) in [6.45, 7) is 18.4. The minimum Gasteiger partial charge on any atom is -0.457 e.